The molecule has 2 aromatic rings. The zero-order chi connectivity index (χ0) is 31.6. The number of nitrogens with zero attached hydrogens (tertiary/aromatic N) is 4. The maximum atomic E-state index is 13.9. The molecule has 0 bridgehead atoms. The van der Waals surface area contributed by atoms with E-state index in [4.69, 9.17) is 9.47 Å². The minimum absolute atomic E-state index is 0.0231. The van der Waals surface area contributed by atoms with E-state index in [1.54, 1.807) is 31.3 Å². The molecule has 0 aliphatic rings. The average Bonchev–Trinajstić information content (AvgIpc) is 3.42. The predicted molar refractivity (Wildman–Crippen MR) is 160 cm³/mol. The van der Waals surface area contributed by atoms with Crippen LogP contribution in [0.15, 0.2) is 54.5 Å². The molecule has 0 unspecified atom stereocenters. The minimum Gasteiger partial charge on any atom is -0.451 e. The molecule has 3 atom stereocenters. The van der Waals surface area contributed by atoms with E-state index in [1.165, 1.54) is 20.9 Å². The molecule has 42 heavy (non-hydrogen) atoms. The second-order valence-corrected chi connectivity index (χ2v) is 11.6. The summed E-state index contributed by atoms with van der Waals surface area (Å²) < 4.78 is 13.0. The van der Waals surface area contributed by atoms with Crippen molar-refractivity contribution in [2.24, 2.45) is 11.8 Å². The van der Waals surface area contributed by atoms with Gasteiger partial charge in [0.25, 0.3) is 5.91 Å². The second kappa shape index (κ2) is 16.0. The van der Waals surface area contributed by atoms with Crippen molar-refractivity contribution in [2.75, 3.05) is 21.1 Å². The van der Waals surface area contributed by atoms with Crippen LogP contribution in [0.25, 0.3) is 0 Å². The number of esters is 2. The van der Waals surface area contributed by atoms with E-state index in [0.717, 1.165) is 16.0 Å². The molecule has 1 aromatic carbocycles. The van der Waals surface area contributed by atoms with E-state index in [2.05, 4.69) is 5.10 Å². The predicted octanol–water partition coefficient (Wildman–Crippen LogP) is 3.88. The van der Waals surface area contributed by atoms with Gasteiger partial charge in [0.2, 0.25) is 0 Å². The van der Waals surface area contributed by atoms with Crippen LogP contribution in [-0.4, -0.2) is 82.6 Å². The average molecular weight is 583 g/mol. The van der Waals surface area contributed by atoms with Gasteiger partial charge in [-0.25, -0.2) is 4.79 Å². The number of ether oxygens (including phenoxy) is 2. The number of allylic oxidation sites excluding steroid dienone is 1. The summed E-state index contributed by atoms with van der Waals surface area (Å²) in [6.45, 7) is 11.1. The molecule has 10 nitrogen and oxygen atoms in total. The van der Waals surface area contributed by atoms with Crippen molar-refractivity contribution in [1.82, 2.24) is 19.6 Å². The van der Waals surface area contributed by atoms with Crippen molar-refractivity contribution in [3.05, 3.63) is 65.6 Å². The maximum Gasteiger partial charge on any atom is 0.355 e. The summed E-state index contributed by atoms with van der Waals surface area (Å²) in [5, 5.41) is 4.23. The molecule has 2 rings (SSSR count). The zero-order valence-corrected chi connectivity index (χ0v) is 26.4. The Kier molecular flexibility index (Phi) is 13.1. The zero-order valence-electron chi connectivity index (χ0n) is 26.4. The fourth-order valence-corrected chi connectivity index (χ4v) is 4.21. The topological polar surface area (TPSA) is 111 Å². The number of rotatable bonds is 15. The molecule has 1 heterocycles. The standard InChI is InChI=1S/C32H46N4O6/c1-21(2)17-27(34(7)8)31(39)42-29(19-25-11-13-26(14-12-25)20-36-16-10-15-33-36)30(38)35(9)28(18-22(3)4)32(40)41-24(6)23(5)37/h10-16,18,21-22,24,27,29H,17,19-20H2,1-9H3/b28-18+/t24-,27+,29-/m1/s1. The number of hydrogen-bond donors (Lipinski definition) is 0. The first kappa shape index (κ1) is 34.4. The van der Waals surface area contributed by atoms with Gasteiger partial charge < -0.3 is 14.4 Å². The van der Waals surface area contributed by atoms with Crippen LogP contribution < -0.4 is 0 Å². The van der Waals surface area contributed by atoms with Crippen molar-refractivity contribution < 1.29 is 28.7 Å². The van der Waals surface area contributed by atoms with Crippen LogP contribution in [-0.2, 0) is 41.6 Å². The number of benzene rings is 1. The van der Waals surface area contributed by atoms with Crippen molar-refractivity contribution >= 4 is 23.6 Å². The summed E-state index contributed by atoms with van der Waals surface area (Å²) in [5.41, 5.74) is 1.78. The summed E-state index contributed by atoms with van der Waals surface area (Å²) in [5.74, 6) is -2.10. The quantitative estimate of drug-likeness (QED) is 0.230. The lowest BCUT2D eigenvalue weighted by atomic mass is 10.0. The molecule has 0 aliphatic carbocycles. The molecule has 1 aromatic heterocycles. The normalized spacial score (nSPS) is 14.0. The maximum absolute atomic E-state index is 13.9. The molecule has 0 N–H and O–H groups in total. The Labute approximate surface area is 249 Å². The Hall–Kier alpha value is -3.79. The van der Waals surface area contributed by atoms with E-state index in [-0.39, 0.29) is 29.7 Å². The molecule has 0 fully saturated rings. The van der Waals surface area contributed by atoms with E-state index < -0.39 is 36.1 Å². The van der Waals surface area contributed by atoms with Crippen LogP contribution in [0.5, 0.6) is 0 Å². The largest absolute Gasteiger partial charge is 0.451 e. The third-order valence-corrected chi connectivity index (χ3v) is 6.72. The van der Waals surface area contributed by atoms with Gasteiger partial charge in [-0.05, 0) is 63.4 Å². The van der Waals surface area contributed by atoms with Crippen LogP contribution in [0.4, 0.5) is 0 Å². The first-order valence-electron chi connectivity index (χ1n) is 14.3. The lowest BCUT2D eigenvalue weighted by molar-refractivity contribution is -0.164. The summed E-state index contributed by atoms with van der Waals surface area (Å²) >= 11 is 0. The molecule has 0 saturated carbocycles. The molecule has 0 saturated heterocycles. The third-order valence-electron chi connectivity index (χ3n) is 6.72. The molecule has 230 valence electrons. The third kappa shape index (κ3) is 10.6. The molecule has 10 heteroatoms. The van der Waals surface area contributed by atoms with E-state index >= 15 is 0 Å². The molecule has 0 aliphatic heterocycles. The number of carbonyl (C=O) groups is 4. The summed E-state index contributed by atoms with van der Waals surface area (Å²) in [7, 11) is 5.04. The Balaban J connectivity index is 2.39. The highest BCUT2D eigenvalue weighted by molar-refractivity contribution is 5.97. The molecular formula is C32H46N4O6. The molecule has 1 amide bonds. The monoisotopic (exact) mass is 582 g/mol. The Bertz CT molecular complexity index is 1220. The number of carbonyl (C=O) groups excluding carboxylic acids is 4. The molecular weight excluding hydrogens is 536 g/mol. The van der Waals surface area contributed by atoms with Gasteiger partial charge in [-0.2, -0.15) is 5.10 Å². The lowest BCUT2D eigenvalue weighted by Crippen LogP contribution is -2.46. The highest BCUT2D eigenvalue weighted by atomic mass is 16.6. The Morgan fingerprint density at radius 2 is 1.57 bits per heavy atom. The highest BCUT2D eigenvalue weighted by Crippen LogP contribution is 2.19. The smallest absolute Gasteiger partial charge is 0.355 e. The van der Waals surface area contributed by atoms with E-state index in [1.807, 2.05) is 68.9 Å². The molecule has 0 spiro atoms. The van der Waals surface area contributed by atoms with Crippen molar-refractivity contribution in [1.29, 1.82) is 0 Å². The van der Waals surface area contributed by atoms with Gasteiger partial charge in [0.05, 0.1) is 6.54 Å². The summed E-state index contributed by atoms with van der Waals surface area (Å²) in [6.07, 6.45) is 3.67. The lowest BCUT2D eigenvalue weighted by Gasteiger charge is -2.29. The first-order chi connectivity index (χ1) is 19.7. The van der Waals surface area contributed by atoms with Gasteiger partial charge >= 0.3 is 11.9 Å². The molecule has 0 radical (unpaired) electrons. The second-order valence-electron chi connectivity index (χ2n) is 11.6. The number of amides is 1. The van der Waals surface area contributed by atoms with Crippen molar-refractivity contribution in [3.63, 3.8) is 0 Å². The van der Waals surface area contributed by atoms with Gasteiger partial charge in [0, 0.05) is 25.9 Å². The van der Waals surface area contributed by atoms with Crippen molar-refractivity contribution in [3.8, 4) is 0 Å². The van der Waals surface area contributed by atoms with E-state index in [0.29, 0.717) is 13.0 Å². The highest BCUT2D eigenvalue weighted by Gasteiger charge is 2.34. The van der Waals surface area contributed by atoms with Crippen LogP contribution >= 0.6 is 0 Å². The van der Waals surface area contributed by atoms with Crippen LogP contribution in [0.3, 0.4) is 0 Å². The van der Waals surface area contributed by atoms with Gasteiger partial charge in [-0.1, -0.05) is 58.0 Å². The summed E-state index contributed by atoms with van der Waals surface area (Å²) in [6, 6.07) is 8.96. The SMILES string of the molecule is CC(=O)[C@@H](C)OC(=O)/C(=C\C(C)C)N(C)C(=O)[C@@H](Cc1ccc(Cn2cccn2)cc1)OC(=O)[C@H](CC(C)C)N(C)C. The fourth-order valence-electron chi connectivity index (χ4n) is 4.21. The number of ketones is 1. The number of hydrogen-bond acceptors (Lipinski definition) is 8. The number of Topliss-reactive ketones (excluding diaryl/α,β-unsaturated/α-hetero) is 1. The number of aromatic nitrogens is 2. The van der Waals surface area contributed by atoms with Gasteiger partial charge in [0.1, 0.15) is 11.7 Å². The first-order valence-corrected chi connectivity index (χ1v) is 14.3. The van der Waals surface area contributed by atoms with Crippen molar-refractivity contribution in [2.45, 2.75) is 79.2 Å². The fraction of sp³-hybridized carbons (Fsp3) is 0.531. The van der Waals surface area contributed by atoms with E-state index in [9.17, 15) is 19.2 Å². The number of likely N-dealkylation sites (N-methyl/N-ethyl adjacent to an activating group) is 2. The van der Waals surface area contributed by atoms with Gasteiger partial charge in [-0.3, -0.25) is 24.0 Å². The van der Waals surface area contributed by atoms with Gasteiger partial charge in [0.15, 0.2) is 18.0 Å². The Morgan fingerprint density at radius 1 is 0.952 bits per heavy atom. The van der Waals surface area contributed by atoms with Gasteiger partial charge in [-0.15, -0.1) is 0 Å². The minimum atomic E-state index is -1.21. The van der Waals surface area contributed by atoms with Crippen LogP contribution in [0.1, 0.15) is 59.1 Å². The van der Waals surface area contributed by atoms with Crippen LogP contribution in [0.2, 0.25) is 0 Å². The van der Waals surface area contributed by atoms with Crippen LogP contribution in [0, 0.1) is 11.8 Å². The Morgan fingerprint density at radius 3 is 2.07 bits per heavy atom. The summed E-state index contributed by atoms with van der Waals surface area (Å²) in [4.78, 5) is 55.1.